The zero-order valence-corrected chi connectivity index (χ0v) is 18.6. The molecule has 146 valence electrons. The van der Waals surface area contributed by atoms with Gasteiger partial charge in [-0.2, -0.15) is 5.10 Å². The Kier molecular flexibility index (Phi) is 8.84. The second kappa shape index (κ2) is 11.1. The van der Waals surface area contributed by atoms with Crippen LogP contribution >= 0.6 is 24.0 Å². The van der Waals surface area contributed by atoms with Gasteiger partial charge in [-0.25, -0.2) is 0 Å². The quantitative estimate of drug-likeness (QED) is 0.297. The van der Waals surface area contributed by atoms with E-state index in [1.807, 2.05) is 17.9 Å². The molecule has 6 heteroatoms. The smallest absolute Gasteiger partial charge is 0.194 e. The summed E-state index contributed by atoms with van der Waals surface area (Å²) in [6.07, 6.45) is 9.48. The largest absolute Gasteiger partial charge is 0.357 e. The third-order valence-electron chi connectivity index (χ3n) is 4.63. The van der Waals surface area contributed by atoms with Crippen molar-refractivity contribution in [1.82, 2.24) is 20.0 Å². The van der Waals surface area contributed by atoms with Gasteiger partial charge >= 0.3 is 0 Å². The predicted octanol–water partition coefficient (Wildman–Crippen LogP) is 3.73. The molecule has 1 aromatic heterocycles. The summed E-state index contributed by atoms with van der Waals surface area (Å²) in [6, 6.07) is 10.7. The molecule has 2 aromatic rings. The van der Waals surface area contributed by atoms with Crippen LogP contribution in [0.1, 0.15) is 30.9 Å². The van der Waals surface area contributed by atoms with Gasteiger partial charge in [0.2, 0.25) is 0 Å². The second-order valence-corrected chi connectivity index (χ2v) is 6.65. The van der Waals surface area contributed by atoms with Gasteiger partial charge in [0.05, 0.1) is 6.20 Å². The van der Waals surface area contributed by atoms with Crippen molar-refractivity contribution in [2.75, 3.05) is 26.2 Å². The Bertz CT molecular complexity index is 751. The molecule has 1 N–H and O–H groups in total. The van der Waals surface area contributed by atoms with Gasteiger partial charge < -0.3 is 10.2 Å². The van der Waals surface area contributed by atoms with Gasteiger partial charge in [0.15, 0.2) is 5.96 Å². The molecular weight excluding hydrogens is 449 g/mol. The van der Waals surface area contributed by atoms with Gasteiger partial charge in [-0.15, -0.1) is 24.0 Å². The SMILES string of the molecule is CCNC(=NCCCc1cnn(C)c1)N1CC=C(c2ccccc2)CC1.I. The number of halogens is 1. The van der Waals surface area contributed by atoms with Crippen molar-refractivity contribution in [1.29, 1.82) is 0 Å². The Hall–Kier alpha value is -1.83. The number of benzene rings is 1. The minimum Gasteiger partial charge on any atom is -0.357 e. The van der Waals surface area contributed by atoms with Crippen LogP contribution in [0.25, 0.3) is 5.57 Å². The lowest BCUT2D eigenvalue weighted by Crippen LogP contribution is -2.43. The van der Waals surface area contributed by atoms with E-state index in [2.05, 4.69) is 64.8 Å². The highest BCUT2D eigenvalue weighted by Crippen LogP contribution is 2.21. The van der Waals surface area contributed by atoms with Crippen LogP contribution in [0.5, 0.6) is 0 Å². The summed E-state index contributed by atoms with van der Waals surface area (Å²) >= 11 is 0. The van der Waals surface area contributed by atoms with E-state index in [0.29, 0.717) is 0 Å². The van der Waals surface area contributed by atoms with Gasteiger partial charge in [0.1, 0.15) is 0 Å². The fourth-order valence-electron chi connectivity index (χ4n) is 3.27. The maximum Gasteiger partial charge on any atom is 0.194 e. The van der Waals surface area contributed by atoms with Crippen LogP contribution in [-0.2, 0) is 13.5 Å². The third-order valence-corrected chi connectivity index (χ3v) is 4.63. The van der Waals surface area contributed by atoms with Crippen molar-refractivity contribution in [3.63, 3.8) is 0 Å². The molecule has 0 spiro atoms. The molecule has 3 rings (SSSR count). The van der Waals surface area contributed by atoms with Crippen molar-refractivity contribution in [2.24, 2.45) is 12.0 Å². The van der Waals surface area contributed by atoms with E-state index in [4.69, 9.17) is 4.99 Å². The van der Waals surface area contributed by atoms with E-state index in [0.717, 1.165) is 51.4 Å². The monoisotopic (exact) mass is 479 g/mol. The van der Waals surface area contributed by atoms with E-state index in [1.165, 1.54) is 16.7 Å². The van der Waals surface area contributed by atoms with Crippen LogP contribution in [-0.4, -0.2) is 46.8 Å². The number of aryl methyl sites for hydroxylation is 2. The Morgan fingerprint density at radius 2 is 2.07 bits per heavy atom. The standard InChI is InChI=1S/C21H29N5.HI/c1-3-22-21(23-13-7-8-18-16-24-25(2)17-18)26-14-11-20(12-15-26)19-9-5-4-6-10-19;/h4-6,9-11,16-17H,3,7-8,12-15H2,1-2H3,(H,22,23);1H. The fraction of sp³-hybridized carbons (Fsp3) is 0.429. The van der Waals surface area contributed by atoms with Gasteiger partial charge in [0.25, 0.3) is 0 Å². The molecule has 0 amide bonds. The summed E-state index contributed by atoms with van der Waals surface area (Å²) in [5, 5.41) is 7.66. The number of aromatic nitrogens is 2. The first kappa shape index (κ1) is 21.5. The molecule has 0 saturated carbocycles. The van der Waals surface area contributed by atoms with Gasteiger partial charge in [0, 0.05) is 39.4 Å². The topological polar surface area (TPSA) is 45.5 Å². The highest BCUT2D eigenvalue weighted by atomic mass is 127. The lowest BCUT2D eigenvalue weighted by molar-refractivity contribution is 0.440. The Morgan fingerprint density at radius 3 is 2.70 bits per heavy atom. The molecule has 0 saturated heterocycles. The molecular formula is C21H30IN5. The van der Waals surface area contributed by atoms with E-state index in [9.17, 15) is 0 Å². The van der Waals surface area contributed by atoms with Crippen LogP contribution < -0.4 is 5.32 Å². The zero-order valence-electron chi connectivity index (χ0n) is 16.3. The number of hydrogen-bond donors (Lipinski definition) is 1. The average Bonchev–Trinajstić information content (AvgIpc) is 3.10. The minimum atomic E-state index is 0. The van der Waals surface area contributed by atoms with E-state index in [1.54, 1.807) is 0 Å². The normalized spacial score (nSPS) is 14.5. The molecule has 0 bridgehead atoms. The molecule has 2 heterocycles. The molecule has 1 aliphatic rings. The minimum absolute atomic E-state index is 0. The maximum atomic E-state index is 4.83. The third kappa shape index (κ3) is 6.37. The number of nitrogens with one attached hydrogen (secondary N) is 1. The maximum absolute atomic E-state index is 4.83. The van der Waals surface area contributed by atoms with Gasteiger partial charge in [-0.1, -0.05) is 36.4 Å². The second-order valence-electron chi connectivity index (χ2n) is 6.65. The molecule has 0 aliphatic carbocycles. The molecule has 1 aromatic carbocycles. The molecule has 5 nitrogen and oxygen atoms in total. The number of hydrogen-bond acceptors (Lipinski definition) is 2. The summed E-state index contributed by atoms with van der Waals surface area (Å²) in [4.78, 5) is 7.18. The van der Waals surface area contributed by atoms with Gasteiger partial charge in [-0.05, 0) is 42.9 Å². The first-order chi connectivity index (χ1) is 12.8. The molecule has 27 heavy (non-hydrogen) atoms. The lowest BCUT2D eigenvalue weighted by atomic mass is 10.00. The van der Waals surface area contributed by atoms with Gasteiger partial charge in [-0.3, -0.25) is 9.67 Å². The van der Waals surface area contributed by atoms with Crippen molar-refractivity contribution in [2.45, 2.75) is 26.2 Å². The summed E-state index contributed by atoms with van der Waals surface area (Å²) < 4.78 is 1.85. The van der Waals surface area contributed by atoms with Crippen LogP contribution in [0.2, 0.25) is 0 Å². The predicted molar refractivity (Wildman–Crippen MR) is 124 cm³/mol. The highest BCUT2D eigenvalue weighted by molar-refractivity contribution is 14.0. The van der Waals surface area contributed by atoms with E-state index < -0.39 is 0 Å². The van der Waals surface area contributed by atoms with Crippen molar-refractivity contribution in [3.8, 4) is 0 Å². The molecule has 0 atom stereocenters. The first-order valence-corrected chi connectivity index (χ1v) is 9.51. The van der Waals surface area contributed by atoms with Crippen LogP contribution in [0.15, 0.2) is 53.8 Å². The highest BCUT2D eigenvalue weighted by Gasteiger charge is 2.15. The average molecular weight is 479 g/mol. The molecule has 0 unspecified atom stereocenters. The first-order valence-electron chi connectivity index (χ1n) is 9.51. The number of aliphatic imine (C=N–C) groups is 1. The van der Waals surface area contributed by atoms with Crippen LogP contribution in [0, 0.1) is 0 Å². The summed E-state index contributed by atoms with van der Waals surface area (Å²) in [5.41, 5.74) is 4.06. The number of guanidine groups is 1. The van der Waals surface area contributed by atoms with E-state index in [-0.39, 0.29) is 24.0 Å². The van der Waals surface area contributed by atoms with E-state index >= 15 is 0 Å². The van der Waals surface area contributed by atoms with Crippen molar-refractivity contribution < 1.29 is 0 Å². The summed E-state index contributed by atoms with van der Waals surface area (Å²) in [6.45, 7) is 5.78. The Balaban J connectivity index is 0.00000261. The fourth-order valence-corrected chi connectivity index (χ4v) is 3.27. The summed E-state index contributed by atoms with van der Waals surface area (Å²) in [7, 11) is 1.96. The lowest BCUT2D eigenvalue weighted by Gasteiger charge is -2.30. The zero-order chi connectivity index (χ0) is 18.2. The summed E-state index contributed by atoms with van der Waals surface area (Å²) in [5.74, 6) is 1.03. The Labute approximate surface area is 179 Å². The molecule has 0 fully saturated rings. The number of nitrogens with zero attached hydrogens (tertiary/aromatic N) is 4. The van der Waals surface area contributed by atoms with Crippen LogP contribution in [0.3, 0.4) is 0 Å². The van der Waals surface area contributed by atoms with Crippen molar-refractivity contribution >= 4 is 35.5 Å². The molecule has 0 radical (unpaired) electrons. The van der Waals surface area contributed by atoms with Crippen LogP contribution in [0.4, 0.5) is 0 Å². The molecule has 1 aliphatic heterocycles. The number of rotatable bonds is 6. The Morgan fingerprint density at radius 1 is 1.26 bits per heavy atom. The van der Waals surface area contributed by atoms with Crippen molar-refractivity contribution in [3.05, 3.63) is 59.9 Å².